The first-order valence-corrected chi connectivity index (χ1v) is 10.1. The highest BCUT2D eigenvalue weighted by Crippen LogP contribution is 2.18. The van der Waals surface area contributed by atoms with Crippen molar-refractivity contribution in [2.75, 3.05) is 18.2 Å². The second-order valence-corrected chi connectivity index (χ2v) is 7.75. The van der Waals surface area contributed by atoms with Gasteiger partial charge in [-0.3, -0.25) is 4.79 Å². The van der Waals surface area contributed by atoms with E-state index >= 15 is 0 Å². The molecule has 27 heavy (non-hydrogen) atoms. The van der Waals surface area contributed by atoms with Crippen molar-refractivity contribution in [1.82, 2.24) is 0 Å². The normalized spacial score (nSPS) is 12.1. The third-order valence-electron chi connectivity index (χ3n) is 3.59. The van der Waals surface area contributed by atoms with E-state index < -0.39 is 27.8 Å². The first-order chi connectivity index (χ1) is 12.7. The first kappa shape index (κ1) is 20.4. The molecule has 0 heterocycles. The maximum atomic E-state index is 12.3. The Morgan fingerprint density at radius 3 is 2.30 bits per heavy atom. The molecule has 144 valence electrons. The number of benzene rings is 2. The topological polar surface area (TPSA) is 98.8 Å². The van der Waals surface area contributed by atoms with Gasteiger partial charge in [0, 0.05) is 11.9 Å². The van der Waals surface area contributed by atoms with Crippen LogP contribution in [0, 0.1) is 0 Å². The Bertz CT molecular complexity index is 921. The molecule has 0 unspecified atom stereocenters. The number of sulfone groups is 1. The number of amides is 1. The van der Waals surface area contributed by atoms with Crippen molar-refractivity contribution in [3.05, 3.63) is 54.1 Å². The summed E-state index contributed by atoms with van der Waals surface area (Å²) in [6.07, 6.45) is -0.113. The van der Waals surface area contributed by atoms with E-state index in [1.165, 1.54) is 31.2 Å². The first-order valence-electron chi connectivity index (χ1n) is 8.26. The summed E-state index contributed by atoms with van der Waals surface area (Å²) in [5.41, 5.74) is 0.406. The second kappa shape index (κ2) is 8.68. The largest absolute Gasteiger partial charge is 0.494 e. The van der Waals surface area contributed by atoms with E-state index in [1.807, 2.05) is 6.92 Å². The Kier molecular flexibility index (Phi) is 6.57. The zero-order valence-corrected chi connectivity index (χ0v) is 16.1. The monoisotopic (exact) mass is 391 g/mol. The summed E-state index contributed by atoms with van der Waals surface area (Å²) < 4.78 is 34.0. The summed E-state index contributed by atoms with van der Waals surface area (Å²) in [5, 5.41) is 2.62. The highest BCUT2D eigenvalue weighted by molar-refractivity contribution is 7.90. The predicted molar refractivity (Wildman–Crippen MR) is 101 cm³/mol. The van der Waals surface area contributed by atoms with Crippen LogP contribution in [0.1, 0.15) is 24.2 Å². The summed E-state index contributed by atoms with van der Waals surface area (Å²) >= 11 is 0. The number of esters is 1. The fourth-order valence-corrected chi connectivity index (χ4v) is 3.16. The molecule has 2 aromatic rings. The quantitative estimate of drug-likeness (QED) is 0.729. The van der Waals surface area contributed by atoms with Gasteiger partial charge in [0.2, 0.25) is 0 Å². The standard InChI is InChI=1S/C19H21NO6S/c1-4-25-15-11-9-14(10-12-15)20-18(21)13(2)26-19(22)16-7-5-6-8-17(16)27(3,23)24/h5-13H,4H2,1-3H3,(H,20,21)/t13-/m1/s1. The molecule has 1 amide bonds. The molecule has 0 saturated heterocycles. The van der Waals surface area contributed by atoms with Crippen LogP contribution in [0.2, 0.25) is 0 Å². The van der Waals surface area contributed by atoms with Gasteiger partial charge < -0.3 is 14.8 Å². The summed E-state index contributed by atoms with van der Waals surface area (Å²) in [7, 11) is -3.61. The molecule has 0 radical (unpaired) electrons. The Balaban J connectivity index is 2.05. The molecular formula is C19H21NO6S. The number of ether oxygens (including phenoxy) is 2. The van der Waals surface area contributed by atoms with Gasteiger partial charge in [-0.1, -0.05) is 12.1 Å². The third kappa shape index (κ3) is 5.55. The Hall–Kier alpha value is -2.87. The van der Waals surface area contributed by atoms with E-state index in [2.05, 4.69) is 5.32 Å². The lowest BCUT2D eigenvalue weighted by molar-refractivity contribution is -0.123. The highest BCUT2D eigenvalue weighted by atomic mass is 32.2. The van der Waals surface area contributed by atoms with E-state index in [9.17, 15) is 18.0 Å². The number of anilines is 1. The van der Waals surface area contributed by atoms with Gasteiger partial charge in [-0.2, -0.15) is 0 Å². The number of hydrogen-bond acceptors (Lipinski definition) is 6. The molecule has 0 aliphatic rings. The number of rotatable bonds is 7. The molecule has 8 heteroatoms. The van der Waals surface area contributed by atoms with Gasteiger partial charge in [0.25, 0.3) is 5.91 Å². The molecular weight excluding hydrogens is 370 g/mol. The fraction of sp³-hybridized carbons (Fsp3) is 0.263. The van der Waals surface area contributed by atoms with Crippen molar-refractivity contribution in [1.29, 1.82) is 0 Å². The van der Waals surface area contributed by atoms with Crippen molar-refractivity contribution < 1.29 is 27.5 Å². The summed E-state index contributed by atoms with van der Waals surface area (Å²) in [6.45, 7) is 3.81. The molecule has 1 atom stereocenters. The van der Waals surface area contributed by atoms with E-state index in [1.54, 1.807) is 24.3 Å². The lowest BCUT2D eigenvalue weighted by Gasteiger charge is -2.15. The lowest BCUT2D eigenvalue weighted by Crippen LogP contribution is -2.30. The lowest BCUT2D eigenvalue weighted by atomic mass is 10.2. The third-order valence-corrected chi connectivity index (χ3v) is 4.75. The minimum Gasteiger partial charge on any atom is -0.494 e. The zero-order valence-electron chi connectivity index (χ0n) is 15.3. The maximum absolute atomic E-state index is 12.3. The minimum atomic E-state index is -3.61. The molecule has 0 saturated carbocycles. The van der Waals surface area contributed by atoms with Crippen LogP contribution >= 0.6 is 0 Å². The van der Waals surface area contributed by atoms with Crippen LogP contribution in [-0.2, 0) is 19.4 Å². The Morgan fingerprint density at radius 2 is 1.70 bits per heavy atom. The minimum absolute atomic E-state index is 0.110. The van der Waals surface area contributed by atoms with Crippen molar-refractivity contribution in [3.8, 4) is 5.75 Å². The van der Waals surface area contributed by atoms with Gasteiger partial charge in [-0.15, -0.1) is 0 Å². The van der Waals surface area contributed by atoms with Crippen LogP contribution in [0.5, 0.6) is 5.75 Å². The van der Waals surface area contributed by atoms with Gasteiger partial charge in [0.05, 0.1) is 17.1 Å². The van der Waals surface area contributed by atoms with Crippen LogP contribution in [-0.4, -0.2) is 39.3 Å². The average molecular weight is 391 g/mol. The smallest absolute Gasteiger partial charge is 0.340 e. The number of nitrogens with one attached hydrogen (secondary N) is 1. The van der Waals surface area contributed by atoms with Crippen LogP contribution in [0.25, 0.3) is 0 Å². The molecule has 0 aliphatic carbocycles. The van der Waals surface area contributed by atoms with E-state index in [0.29, 0.717) is 18.0 Å². The highest BCUT2D eigenvalue weighted by Gasteiger charge is 2.23. The van der Waals surface area contributed by atoms with Gasteiger partial charge in [-0.25, -0.2) is 13.2 Å². The van der Waals surface area contributed by atoms with Crippen molar-refractivity contribution in [3.63, 3.8) is 0 Å². The van der Waals surface area contributed by atoms with E-state index in [0.717, 1.165) is 6.26 Å². The molecule has 1 N–H and O–H groups in total. The van der Waals surface area contributed by atoms with Crippen LogP contribution in [0.4, 0.5) is 5.69 Å². The molecule has 2 aromatic carbocycles. The SMILES string of the molecule is CCOc1ccc(NC(=O)[C@@H](C)OC(=O)c2ccccc2S(C)(=O)=O)cc1. The molecule has 7 nitrogen and oxygen atoms in total. The average Bonchev–Trinajstić information content (AvgIpc) is 2.62. The van der Waals surface area contributed by atoms with Gasteiger partial charge >= 0.3 is 5.97 Å². The molecule has 0 aromatic heterocycles. The van der Waals surface area contributed by atoms with Crippen molar-refractivity contribution in [2.45, 2.75) is 24.8 Å². The Morgan fingerprint density at radius 1 is 1.07 bits per heavy atom. The fourth-order valence-electron chi connectivity index (χ4n) is 2.28. The van der Waals surface area contributed by atoms with Gasteiger partial charge in [-0.05, 0) is 50.2 Å². The molecule has 0 spiro atoms. The van der Waals surface area contributed by atoms with Crippen LogP contribution < -0.4 is 10.1 Å². The van der Waals surface area contributed by atoms with Crippen LogP contribution in [0.3, 0.4) is 0 Å². The van der Waals surface area contributed by atoms with Crippen LogP contribution in [0.15, 0.2) is 53.4 Å². The van der Waals surface area contributed by atoms with Gasteiger partial charge in [0.1, 0.15) is 5.75 Å². The van der Waals surface area contributed by atoms with E-state index in [4.69, 9.17) is 9.47 Å². The zero-order chi connectivity index (χ0) is 20.0. The molecule has 0 aliphatic heterocycles. The van der Waals surface area contributed by atoms with Crippen molar-refractivity contribution in [2.24, 2.45) is 0 Å². The summed E-state index contributed by atoms with van der Waals surface area (Å²) in [4.78, 5) is 24.4. The molecule has 0 fully saturated rings. The van der Waals surface area contributed by atoms with Crippen molar-refractivity contribution >= 4 is 27.4 Å². The number of hydrogen-bond donors (Lipinski definition) is 1. The van der Waals surface area contributed by atoms with E-state index in [-0.39, 0.29) is 10.5 Å². The summed E-state index contributed by atoms with van der Waals surface area (Å²) in [6, 6.07) is 12.4. The maximum Gasteiger partial charge on any atom is 0.340 e. The Labute approximate surface area is 158 Å². The number of carbonyl (C=O) groups excluding carboxylic acids is 2. The summed E-state index contributed by atoms with van der Waals surface area (Å²) in [5.74, 6) is -0.748. The number of carbonyl (C=O) groups is 2. The molecule has 0 bridgehead atoms. The second-order valence-electron chi connectivity index (χ2n) is 5.76. The van der Waals surface area contributed by atoms with Gasteiger partial charge in [0.15, 0.2) is 15.9 Å². The molecule has 2 rings (SSSR count). The predicted octanol–water partition coefficient (Wildman–Crippen LogP) is 2.67.